The first-order valence-electron chi connectivity index (χ1n) is 13.2. The van der Waals surface area contributed by atoms with E-state index in [1.807, 2.05) is 31.0 Å². The summed E-state index contributed by atoms with van der Waals surface area (Å²) < 4.78 is 21.0. The second-order valence-corrected chi connectivity index (χ2v) is 10.4. The molecule has 0 aliphatic carbocycles. The van der Waals surface area contributed by atoms with Crippen LogP contribution in [0.25, 0.3) is 10.9 Å². The number of fused-ring (bicyclic) bond motifs is 4. The van der Waals surface area contributed by atoms with Gasteiger partial charge in [-0.2, -0.15) is 0 Å². The van der Waals surface area contributed by atoms with Crippen LogP contribution in [0.4, 0.5) is 14.9 Å². The second-order valence-electron chi connectivity index (χ2n) is 10.4. The van der Waals surface area contributed by atoms with Crippen LogP contribution in [0.1, 0.15) is 49.9 Å². The molecule has 0 saturated carbocycles. The molecule has 5 rings (SSSR count). The van der Waals surface area contributed by atoms with Gasteiger partial charge in [0.15, 0.2) is 0 Å². The number of aliphatic hydroxyl groups is 1. The molecule has 1 saturated heterocycles. The first-order chi connectivity index (χ1) is 18.3. The van der Waals surface area contributed by atoms with E-state index in [-0.39, 0.29) is 24.4 Å². The van der Waals surface area contributed by atoms with Crippen molar-refractivity contribution < 1.29 is 23.8 Å². The third kappa shape index (κ3) is 4.38. The fourth-order valence-electron chi connectivity index (χ4n) is 6.26. The molecule has 2 aliphatic rings. The van der Waals surface area contributed by atoms with E-state index in [9.17, 15) is 19.1 Å². The van der Waals surface area contributed by atoms with Gasteiger partial charge in [-0.15, -0.1) is 0 Å². The number of anilines is 1. The van der Waals surface area contributed by atoms with Gasteiger partial charge in [-0.05, 0) is 61.2 Å². The van der Waals surface area contributed by atoms with Gasteiger partial charge in [0.1, 0.15) is 11.6 Å². The van der Waals surface area contributed by atoms with E-state index < -0.39 is 11.5 Å². The van der Waals surface area contributed by atoms with E-state index in [4.69, 9.17) is 4.74 Å². The van der Waals surface area contributed by atoms with Gasteiger partial charge >= 0.3 is 6.03 Å². The molecule has 0 radical (unpaired) electrons. The summed E-state index contributed by atoms with van der Waals surface area (Å²) in [6.07, 6.45) is 2.76. The fourth-order valence-corrected chi connectivity index (χ4v) is 6.26. The second kappa shape index (κ2) is 10.3. The van der Waals surface area contributed by atoms with Crippen molar-refractivity contribution in [2.45, 2.75) is 44.1 Å². The van der Waals surface area contributed by atoms with Gasteiger partial charge in [0.2, 0.25) is 5.91 Å². The van der Waals surface area contributed by atoms with Crippen LogP contribution in [0.15, 0.2) is 42.5 Å². The Balaban J connectivity index is 1.59. The topological polar surface area (TPSA) is 87.0 Å². The summed E-state index contributed by atoms with van der Waals surface area (Å²) in [6, 6.07) is 10.7. The van der Waals surface area contributed by atoms with Crippen LogP contribution in [-0.2, 0) is 17.3 Å². The van der Waals surface area contributed by atoms with E-state index in [1.165, 1.54) is 24.3 Å². The number of rotatable bonds is 5. The van der Waals surface area contributed by atoms with Gasteiger partial charge in [0, 0.05) is 61.4 Å². The SMILES string of the molecule is CCCC(=O)N1CCC2(CC1)CN(C(=O)Nc1ccc(F)cc1)[C@H](CO)c1c2c2ccc(OC)cc2n1C. The Morgan fingerprint density at radius 1 is 1.16 bits per heavy atom. The van der Waals surface area contributed by atoms with Crippen LogP contribution >= 0.6 is 0 Å². The fraction of sp³-hybridized carbons (Fsp3) is 0.448. The monoisotopic (exact) mass is 522 g/mol. The minimum atomic E-state index is -0.570. The summed E-state index contributed by atoms with van der Waals surface area (Å²) in [6.45, 7) is 3.39. The van der Waals surface area contributed by atoms with Crippen molar-refractivity contribution in [2.75, 3.05) is 38.7 Å². The van der Waals surface area contributed by atoms with Crippen LogP contribution in [0.2, 0.25) is 0 Å². The van der Waals surface area contributed by atoms with E-state index in [0.29, 0.717) is 44.6 Å². The van der Waals surface area contributed by atoms with Gasteiger partial charge in [-0.3, -0.25) is 4.79 Å². The van der Waals surface area contributed by atoms with E-state index in [2.05, 4.69) is 16.0 Å². The zero-order valence-corrected chi connectivity index (χ0v) is 22.2. The molecule has 2 aromatic carbocycles. The molecular formula is C29H35FN4O4. The maximum Gasteiger partial charge on any atom is 0.322 e. The number of aliphatic hydroxyl groups excluding tert-OH is 1. The summed E-state index contributed by atoms with van der Waals surface area (Å²) in [4.78, 5) is 30.0. The number of halogens is 1. The molecule has 2 aliphatic heterocycles. The van der Waals surface area contributed by atoms with Crippen molar-refractivity contribution in [3.63, 3.8) is 0 Å². The maximum absolute atomic E-state index is 13.7. The number of benzene rings is 2. The normalized spacial score (nSPS) is 18.5. The molecule has 3 heterocycles. The van der Waals surface area contributed by atoms with Crippen LogP contribution in [0, 0.1) is 5.82 Å². The third-order valence-corrected chi connectivity index (χ3v) is 8.21. The van der Waals surface area contributed by atoms with Crippen molar-refractivity contribution in [3.8, 4) is 5.75 Å². The number of piperidine rings is 1. The molecule has 38 heavy (non-hydrogen) atoms. The van der Waals surface area contributed by atoms with Gasteiger partial charge in [0.05, 0.1) is 25.3 Å². The van der Waals surface area contributed by atoms with Crippen molar-refractivity contribution in [1.29, 1.82) is 0 Å². The number of aryl methyl sites for hydroxylation is 1. The number of amides is 3. The molecule has 3 aromatic rings. The lowest BCUT2D eigenvalue weighted by Crippen LogP contribution is -2.56. The lowest BCUT2D eigenvalue weighted by atomic mass is 9.68. The molecule has 1 spiro atoms. The molecule has 202 valence electrons. The molecule has 8 nitrogen and oxygen atoms in total. The standard InChI is InChI=1S/C29H35FN4O4/c1-4-5-25(36)33-14-12-29(13-15-33)18-34(28(37)31-20-8-6-19(30)7-9-20)24(17-35)27-26(29)22-11-10-21(38-3)16-23(22)32(27)2/h6-11,16,24,35H,4-5,12-15,17-18H2,1-3H3,(H,31,37)/t24-/m1/s1. The Morgan fingerprint density at radius 3 is 2.50 bits per heavy atom. The van der Waals surface area contributed by atoms with Gasteiger partial charge < -0.3 is 29.5 Å². The molecule has 0 unspecified atom stereocenters. The number of hydrogen-bond donors (Lipinski definition) is 2. The minimum Gasteiger partial charge on any atom is -0.497 e. The average Bonchev–Trinajstić information content (AvgIpc) is 3.23. The molecular weight excluding hydrogens is 487 g/mol. The highest BCUT2D eigenvalue weighted by Gasteiger charge is 2.49. The number of carbonyl (C=O) groups excluding carboxylic acids is 2. The Labute approximate surface area is 222 Å². The zero-order chi connectivity index (χ0) is 27.0. The lowest BCUT2D eigenvalue weighted by Gasteiger charge is -2.50. The van der Waals surface area contributed by atoms with Crippen LogP contribution in [-0.4, -0.2) is 64.8 Å². The molecule has 0 bridgehead atoms. The molecule has 9 heteroatoms. The Hall–Kier alpha value is -3.59. The third-order valence-electron chi connectivity index (χ3n) is 8.21. The summed E-state index contributed by atoms with van der Waals surface area (Å²) in [5.74, 6) is 0.518. The summed E-state index contributed by atoms with van der Waals surface area (Å²) >= 11 is 0. The molecule has 1 aromatic heterocycles. The van der Waals surface area contributed by atoms with Crippen LogP contribution in [0.5, 0.6) is 5.75 Å². The van der Waals surface area contributed by atoms with Crippen LogP contribution in [0.3, 0.4) is 0 Å². The number of urea groups is 1. The van der Waals surface area contributed by atoms with E-state index in [0.717, 1.165) is 34.3 Å². The molecule has 2 N–H and O–H groups in total. The molecule has 1 atom stereocenters. The first-order valence-corrected chi connectivity index (χ1v) is 13.2. The predicted molar refractivity (Wildman–Crippen MR) is 144 cm³/mol. The number of methoxy groups -OCH3 is 1. The van der Waals surface area contributed by atoms with Gasteiger partial charge in [0.25, 0.3) is 0 Å². The average molecular weight is 523 g/mol. The van der Waals surface area contributed by atoms with Crippen molar-refractivity contribution in [1.82, 2.24) is 14.4 Å². The van der Waals surface area contributed by atoms with Crippen molar-refractivity contribution in [2.24, 2.45) is 7.05 Å². The zero-order valence-electron chi connectivity index (χ0n) is 22.2. The summed E-state index contributed by atoms with van der Waals surface area (Å²) in [5.41, 5.74) is 3.10. The smallest absolute Gasteiger partial charge is 0.322 e. The van der Waals surface area contributed by atoms with Crippen molar-refractivity contribution in [3.05, 3.63) is 59.5 Å². The number of aromatic nitrogens is 1. The number of ether oxygens (including phenoxy) is 1. The lowest BCUT2D eigenvalue weighted by molar-refractivity contribution is -0.133. The Bertz CT molecular complexity index is 1340. The van der Waals surface area contributed by atoms with Crippen LogP contribution < -0.4 is 10.1 Å². The predicted octanol–water partition coefficient (Wildman–Crippen LogP) is 4.57. The highest BCUT2D eigenvalue weighted by molar-refractivity contribution is 5.92. The number of likely N-dealkylation sites (tertiary alicyclic amines) is 1. The first kappa shape index (κ1) is 26.0. The quantitative estimate of drug-likeness (QED) is 0.514. The Kier molecular flexibility index (Phi) is 7.05. The molecule has 1 fully saturated rings. The van der Waals surface area contributed by atoms with Crippen molar-refractivity contribution >= 4 is 28.5 Å². The van der Waals surface area contributed by atoms with E-state index >= 15 is 0 Å². The van der Waals surface area contributed by atoms with Gasteiger partial charge in [-0.25, -0.2) is 9.18 Å². The minimum absolute atomic E-state index is 0.167. The Morgan fingerprint density at radius 2 is 1.87 bits per heavy atom. The van der Waals surface area contributed by atoms with Gasteiger partial charge in [-0.1, -0.05) is 6.92 Å². The largest absolute Gasteiger partial charge is 0.497 e. The maximum atomic E-state index is 13.7. The highest BCUT2D eigenvalue weighted by Crippen LogP contribution is 2.50. The van der Waals surface area contributed by atoms with E-state index in [1.54, 1.807) is 12.0 Å². The highest BCUT2D eigenvalue weighted by atomic mass is 19.1. The number of nitrogens with zero attached hydrogens (tertiary/aromatic N) is 3. The summed E-state index contributed by atoms with van der Waals surface area (Å²) in [5, 5.41) is 14.6. The summed E-state index contributed by atoms with van der Waals surface area (Å²) in [7, 11) is 3.59. The number of hydrogen-bond acceptors (Lipinski definition) is 4. The number of carbonyl (C=O) groups is 2. The molecule has 3 amide bonds. The number of nitrogens with one attached hydrogen (secondary N) is 1.